The lowest BCUT2D eigenvalue weighted by molar-refractivity contribution is -0.129. The van der Waals surface area contributed by atoms with Crippen molar-refractivity contribution >= 4 is 21.9 Å². The molecule has 0 radical (unpaired) electrons. The van der Waals surface area contributed by atoms with Crippen molar-refractivity contribution in [3.63, 3.8) is 0 Å². The zero-order valence-corrected chi connectivity index (χ0v) is 14.8. The van der Waals surface area contributed by atoms with Gasteiger partial charge in [0.25, 0.3) is 5.91 Å². The molecule has 9 heteroatoms. The van der Waals surface area contributed by atoms with E-state index in [0.29, 0.717) is 6.54 Å². The van der Waals surface area contributed by atoms with Crippen LogP contribution in [0.2, 0.25) is 0 Å². The Morgan fingerprint density at radius 2 is 1.88 bits per heavy atom. The topological polar surface area (TPSA) is 125 Å². The van der Waals surface area contributed by atoms with Crippen LogP contribution in [0.25, 0.3) is 0 Å². The van der Waals surface area contributed by atoms with Crippen LogP contribution in [0.1, 0.15) is 31.1 Å². The van der Waals surface area contributed by atoms with Crippen molar-refractivity contribution in [3.8, 4) is 5.75 Å². The van der Waals surface area contributed by atoms with Gasteiger partial charge in [-0.1, -0.05) is 13.8 Å². The van der Waals surface area contributed by atoms with Gasteiger partial charge in [0, 0.05) is 6.54 Å². The number of primary sulfonamides is 1. The third kappa shape index (κ3) is 5.50. The highest BCUT2D eigenvalue weighted by Crippen LogP contribution is 2.23. The second kappa shape index (κ2) is 8.11. The fourth-order valence-corrected chi connectivity index (χ4v) is 2.29. The van der Waals surface area contributed by atoms with Gasteiger partial charge in [-0.2, -0.15) is 0 Å². The normalized spacial score (nSPS) is 12.6. The maximum Gasteiger partial charge on any atom is 0.342 e. The van der Waals surface area contributed by atoms with E-state index in [-0.39, 0.29) is 22.1 Å². The van der Waals surface area contributed by atoms with Crippen molar-refractivity contribution in [2.45, 2.75) is 31.8 Å². The van der Waals surface area contributed by atoms with Gasteiger partial charge in [0.2, 0.25) is 10.0 Å². The summed E-state index contributed by atoms with van der Waals surface area (Å²) in [4.78, 5) is 23.8. The third-order valence-electron chi connectivity index (χ3n) is 3.06. The lowest BCUT2D eigenvalue weighted by Gasteiger charge is -2.16. The number of hydrogen-bond donors (Lipinski definition) is 2. The summed E-state index contributed by atoms with van der Waals surface area (Å²) in [7, 11) is -2.67. The van der Waals surface area contributed by atoms with E-state index in [0.717, 1.165) is 6.07 Å². The van der Waals surface area contributed by atoms with E-state index in [9.17, 15) is 18.0 Å². The molecule has 0 aliphatic rings. The number of methoxy groups -OCH3 is 1. The molecule has 3 N–H and O–H groups in total. The number of carbonyl (C=O) groups excluding carboxylic acids is 2. The lowest BCUT2D eigenvalue weighted by atomic mass is 10.2. The molecule has 1 atom stereocenters. The van der Waals surface area contributed by atoms with Crippen LogP contribution < -0.4 is 15.2 Å². The quantitative estimate of drug-likeness (QED) is 0.690. The Balaban J connectivity index is 2.96. The Morgan fingerprint density at radius 3 is 2.38 bits per heavy atom. The van der Waals surface area contributed by atoms with Crippen molar-refractivity contribution < 1.29 is 27.5 Å². The SMILES string of the molecule is COc1ccc(S(N)(=O)=O)cc1C(=O)O[C@H](C)C(=O)NCC(C)C. The molecular formula is C15H22N2O6S. The van der Waals surface area contributed by atoms with E-state index >= 15 is 0 Å². The molecule has 1 amide bonds. The van der Waals surface area contributed by atoms with Crippen LogP contribution in [0.5, 0.6) is 5.75 Å². The van der Waals surface area contributed by atoms with Gasteiger partial charge in [-0.25, -0.2) is 18.4 Å². The van der Waals surface area contributed by atoms with E-state index in [1.807, 2.05) is 13.8 Å². The number of hydrogen-bond acceptors (Lipinski definition) is 6. The summed E-state index contributed by atoms with van der Waals surface area (Å²) < 4.78 is 32.9. The number of nitrogens with two attached hydrogens (primary N) is 1. The van der Waals surface area contributed by atoms with E-state index in [4.69, 9.17) is 14.6 Å². The highest BCUT2D eigenvalue weighted by atomic mass is 32.2. The molecule has 0 fully saturated rings. The average Bonchev–Trinajstić information content (AvgIpc) is 2.50. The first-order valence-corrected chi connectivity index (χ1v) is 8.80. The Labute approximate surface area is 141 Å². The molecule has 0 aliphatic heterocycles. The van der Waals surface area contributed by atoms with Gasteiger partial charge in [-0.15, -0.1) is 0 Å². The summed E-state index contributed by atoms with van der Waals surface area (Å²) in [6.07, 6.45) is -1.04. The average molecular weight is 358 g/mol. The van der Waals surface area contributed by atoms with Gasteiger partial charge in [-0.05, 0) is 31.0 Å². The second-order valence-electron chi connectivity index (χ2n) is 5.59. The Kier molecular flexibility index (Phi) is 6.73. The highest BCUT2D eigenvalue weighted by molar-refractivity contribution is 7.89. The molecule has 134 valence electrons. The summed E-state index contributed by atoms with van der Waals surface area (Å²) >= 11 is 0. The lowest BCUT2D eigenvalue weighted by Crippen LogP contribution is -2.37. The molecule has 1 aromatic carbocycles. The minimum Gasteiger partial charge on any atom is -0.496 e. The fraction of sp³-hybridized carbons (Fsp3) is 0.467. The first kappa shape index (κ1) is 19.9. The van der Waals surface area contributed by atoms with E-state index < -0.39 is 28.0 Å². The number of ether oxygens (including phenoxy) is 2. The first-order valence-electron chi connectivity index (χ1n) is 7.25. The minimum absolute atomic E-state index is 0.113. The van der Waals surface area contributed by atoms with E-state index in [1.54, 1.807) is 0 Å². The molecule has 0 saturated heterocycles. The maximum atomic E-state index is 12.2. The van der Waals surface area contributed by atoms with Crippen molar-refractivity contribution in [1.29, 1.82) is 0 Å². The van der Waals surface area contributed by atoms with Crippen molar-refractivity contribution in [1.82, 2.24) is 5.32 Å². The molecule has 0 spiro atoms. The molecule has 1 aromatic rings. The number of rotatable bonds is 7. The summed E-state index contributed by atoms with van der Waals surface area (Å²) in [5, 5.41) is 7.69. The van der Waals surface area contributed by atoms with Gasteiger partial charge in [-0.3, -0.25) is 4.79 Å². The number of sulfonamides is 1. The number of nitrogens with one attached hydrogen (secondary N) is 1. The minimum atomic E-state index is -3.99. The van der Waals surface area contributed by atoms with Gasteiger partial charge in [0.1, 0.15) is 11.3 Å². The van der Waals surface area contributed by atoms with Crippen LogP contribution in [0, 0.1) is 5.92 Å². The van der Waals surface area contributed by atoms with Gasteiger partial charge in [0.15, 0.2) is 6.10 Å². The van der Waals surface area contributed by atoms with Crippen LogP contribution in [0.4, 0.5) is 0 Å². The fourth-order valence-electron chi connectivity index (χ4n) is 1.75. The van der Waals surface area contributed by atoms with Crippen LogP contribution >= 0.6 is 0 Å². The predicted molar refractivity (Wildman–Crippen MR) is 87.1 cm³/mol. The Hall–Kier alpha value is -2.13. The smallest absolute Gasteiger partial charge is 0.342 e. The molecule has 1 rings (SSSR count). The molecule has 0 aromatic heterocycles. The maximum absolute atomic E-state index is 12.2. The van der Waals surface area contributed by atoms with Crippen LogP contribution in [-0.4, -0.2) is 40.1 Å². The Bertz CT molecular complexity index is 715. The standard InChI is InChI=1S/C15H22N2O6S/c1-9(2)8-17-14(18)10(3)23-15(19)12-7-11(24(16,20)21)5-6-13(12)22-4/h5-7,9-10H,8H2,1-4H3,(H,17,18)(H2,16,20,21)/t10-/m1/s1. The summed E-state index contributed by atoms with van der Waals surface area (Å²) in [6, 6.07) is 3.55. The van der Waals surface area contributed by atoms with Gasteiger partial charge in [0.05, 0.1) is 12.0 Å². The second-order valence-corrected chi connectivity index (χ2v) is 7.16. The van der Waals surface area contributed by atoms with Gasteiger partial charge >= 0.3 is 5.97 Å². The van der Waals surface area contributed by atoms with Crippen LogP contribution in [0.15, 0.2) is 23.1 Å². The largest absolute Gasteiger partial charge is 0.496 e. The molecular weight excluding hydrogens is 336 g/mol. The molecule has 0 saturated carbocycles. The zero-order chi connectivity index (χ0) is 18.5. The molecule has 0 bridgehead atoms. The zero-order valence-electron chi connectivity index (χ0n) is 14.0. The third-order valence-corrected chi connectivity index (χ3v) is 3.97. The molecule has 0 unspecified atom stereocenters. The number of esters is 1. The van der Waals surface area contributed by atoms with E-state index in [2.05, 4.69) is 5.32 Å². The predicted octanol–water partition coefficient (Wildman–Crippen LogP) is 0.660. The molecule has 8 nitrogen and oxygen atoms in total. The Morgan fingerprint density at radius 1 is 1.25 bits per heavy atom. The van der Waals surface area contributed by atoms with Gasteiger partial charge < -0.3 is 14.8 Å². The molecule has 0 heterocycles. The number of benzene rings is 1. The molecule has 24 heavy (non-hydrogen) atoms. The van der Waals surface area contributed by atoms with Crippen molar-refractivity contribution in [3.05, 3.63) is 23.8 Å². The summed E-state index contributed by atoms with van der Waals surface area (Å²) in [6.45, 7) is 5.73. The summed E-state index contributed by atoms with van der Waals surface area (Å²) in [5.74, 6) is -0.964. The summed E-state index contributed by atoms with van der Waals surface area (Å²) in [5.41, 5.74) is -0.132. The van der Waals surface area contributed by atoms with Crippen LogP contribution in [-0.2, 0) is 19.6 Å². The van der Waals surface area contributed by atoms with Crippen molar-refractivity contribution in [2.75, 3.05) is 13.7 Å². The van der Waals surface area contributed by atoms with Crippen LogP contribution in [0.3, 0.4) is 0 Å². The number of amides is 1. The highest BCUT2D eigenvalue weighted by Gasteiger charge is 2.23. The first-order chi connectivity index (χ1) is 11.1. The van der Waals surface area contributed by atoms with E-state index in [1.165, 1.54) is 26.2 Å². The van der Waals surface area contributed by atoms with Crippen molar-refractivity contribution in [2.24, 2.45) is 11.1 Å². The molecule has 0 aliphatic carbocycles. The number of carbonyl (C=O) groups is 2. The monoisotopic (exact) mass is 358 g/mol.